The largest absolute Gasteiger partial charge is 0.420 e. The molecule has 0 fully saturated rings. The lowest BCUT2D eigenvalue weighted by molar-refractivity contribution is -0.131. The first-order valence-corrected chi connectivity index (χ1v) is 8.82. The van der Waals surface area contributed by atoms with Gasteiger partial charge in [-0.15, -0.1) is 21.5 Å². The molecule has 0 aliphatic rings. The van der Waals surface area contributed by atoms with Crippen molar-refractivity contribution < 1.29 is 9.21 Å². The summed E-state index contributed by atoms with van der Waals surface area (Å²) in [4.78, 5) is 15.2. The van der Waals surface area contributed by atoms with Crippen molar-refractivity contribution in [3.05, 3.63) is 59.3 Å². The van der Waals surface area contributed by atoms with Crippen LogP contribution in [0.3, 0.4) is 0 Å². The summed E-state index contributed by atoms with van der Waals surface area (Å²) in [6.45, 7) is 3.29. The molecular formula is C18H19N3O2S. The second-order valence-corrected chi connectivity index (χ2v) is 6.32. The van der Waals surface area contributed by atoms with E-state index in [0.29, 0.717) is 37.7 Å². The highest BCUT2D eigenvalue weighted by atomic mass is 32.1. The van der Waals surface area contributed by atoms with E-state index in [9.17, 15) is 4.79 Å². The van der Waals surface area contributed by atoms with Gasteiger partial charge < -0.3 is 9.32 Å². The van der Waals surface area contributed by atoms with Gasteiger partial charge in [-0.3, -0.25) is 4.79 Å². The van der Waals surface area contributed by atoms with Crippen LogP contribution in [0.25, 0.3) is 10.8 Å². The molecular weight excluding hydrogens is 322 g/mol. The molecule has 6 heteroatoms. The first kappa shape index (κ1) is 16.4. The summed E-state index contributed by atoms with van der Waals surface area (Å²) in [6, 6.07) is 13.9. The van der Waals surface area contributed by atoms with Gasteiger partial charge in [-0.25, -0.2) is 0 Å². The fourth-order valence-electron chi connectivity index (χ4n) is 2.41. The van der Waals surface area contributed by atoms with Crippen molar-refractivity contribution in [3.63, 3.8) is 0 Å². The number of hydrogen-bond donors (Lipinski definition) is 0. The molecule has 0 saturated carbocycles. The first-order chi connectivity index (χ1) is 11.8. The second-order valence-electron chi connectivity index (χ2n) is 5.37. The Hall–Kier alpha value is -2.47. The molecule has 3 rings (SSSR count). The topological polar surface area (TPSA) is 59.2 Å². The van der Waals surface area contributed by atoms with Crippen LogP contribution in [0, 0.1) is 0 Å². The van der Waals surface area contributed by atoms with Crippen LogP contribution in [-0.4, -0.2) is 27.5 Å². The Morgan fingerprint density at radius 1 is 1.17 bits per heavy atom. The Balaban J connectivity index is 1.56. The summed E-state index contributed by atoms with van der Waals surface area (Å²) in [7, 11) is 0. The lowest BCUT2D eigenvalue weighted by Crippen LogP contribution is -2.30. The Labute approximate surface area is 144 Å². The van der Waals surface area contributed by atoms with E-state index < -0.39 is 0 Å². The molecule has 1 aromatic carbocycles. The van der Waals surface area contributed by atoms with Crippen LogP contribution in [0.5, 0.6) is 0 Å². The van der Waals surface area contributed by atoms with Crippen molar-refractivity contribution in [1.82, 2.24) is 15.1 Å². The lowest BCUT2D eigenvalue weighted by Gasteiger charge is -2.20. The van der Waals surface area contributed by atoms with Gasteiger partial charge in [-0.05, 0) is 23.9 Å². The Bertz CT molecular complexity index is 769. The van der Waals surface area contributed by atoms with E-state index in [4.69, 9.17) is 4.42 Å². The molecule has 0 atom stereocenters. The first-order valence-electron chi connectivity index (χ1n) is 7.94. The molecule has 2 heterocycles. The van der Waals surface area contributed by atoms with Gasteiger partial charge in [-0.1, -0.05) is 36.4 Å². The predicted octanol–water partition coefficient (Wildman–Crippen LogP) is 3.78. The van der Waals surface area contributed by atoms with Gasteiger partial charge in [0.25, 0.3) is 5.89 Å². The molecule has 0 radical (unpaired) electrons. The molecule has 24 heavy (non-hydrogen) atoms. The van der Waals surface area contributed by atoms with E-state index in [-0.39, 0.29) is 5.91 Å². The minimum Gasteiger partial charge on any atom is -0.420 e. The van der Waals surface area contributed by atoms with Crippen LogP contribution in [0.15, 0.2) is 52.3 Å². The van der Waals surface area contributed by atoms with E-state index >= 15 is 0 Å². The molecule has 5 nitrogen and oxygen atoms in total. The Kier molecular flexibility index (Phi) is 5.38. The molecule has 0 N–H and O–H groups in total. The molecule has 0 spiro atoms. The number of aromatic nitrogens is 2. The highest BCUT2D eigenvalue weighted by Gasteiger charge is 2.15. The van der Waals surface area contributed by atoms with Crippen molar-refractivity contribution in [2.75, 3.05) is 6.54 Å². The van der Waals surface area contributed by atoms with Crippen LogP contribution >= 0.6 is 11.3 Å². The average molecular weight is 341 g/mol. The third-order valence-corrected chi connectivity index (χ3v) is 4.56. The van der Waals surface area contributed by atoms with Gasteiger partial charge in [0.05, 0.1) is 4.88 Å². The summed E-state index contributed by atoms with van der Waals surface area (Å²) in [5, 5.41) is 10.0. The van der Waals surface area contributed by atoms with Crippen LogP contribution in [-0.2, 0) is 17.8 Å². The molecule has 1 amide bonds. The number of amides is 1. The zero-order valence-electron chi connectivity index (χ0n) is 13.5. The minimum atomic E-state index is 0.0947. The SMILES string of the molecule is CCN(Cc1ccccc1)C(=O)CCc1nnc(-c2cccs2)o1. The quantitative estimate of drug-likeness (QED) is 0.656. The van der Waals surface area contributed by atoms with Crippen LogP contribution < -0.4 is 0 Å². The van der Waals surface area contributed by atoms with E-state index in [0.717, 1.165) is 10.4 Å². The number of hydrogen-bond acceptors (Lipinski definition) is 5. The summed E-state index contributed by atoms with van der Waals surface area (Å²) < 4.78 is 5.63. The summed E-state index contributed by atoms with van der Waals surface area (Å²) in [5.41, 5.74) is 1.13. The van der Waals surface area contributed by atoms with Crippen molar-refractivity contribution in [2.45, 2.75) is 26.3 Å². The van der Waals surface area contributed by atoms with Gasteiger partial charge in [-0.2, -0.15) is 0 Å². The number of benzene rings is 1. The molecule has 0 saturated heterocycles. The van der Waals surface area contributed by atoms with Crippen LogP contribution in [0.1, 0.15) is 24.8 Å². The summed E-state index contributed by atoms with van der Waals surface area (Å²) >= 11 is 1.55. The molecule has 0 bridgehead atoms. The molecule has 2 aromatic heterocycles. The molecule has 0 aliphatic heterocycles. The summed E-state index contributed by atoms with van der Waals surface area (Å²) in [6.07, 6.45) is 0.829. The standard InChI is InChI=1S/C18H19N3O2S/c1-2-21(13-14-7-4-3-5-8-14)17(22)11-10-16-19-20-18(23-16)15-9-6-12-24-15/h3-9,12H,2,10-11,13H2,1H3. The Morgan fingerprint density at radius 3 is 2.71 bits per heavy atom. The lowest BCUT2D eigenvalue weighted by atomic mass is 10.2. The number of thiophene rings is 1. The maximum absolute atomic E-state index is 12.4. The van der Waals surface area contributed by atoms with Crippen molar-refractivity contribution in [1.29, 1.82) is 0 Å². The second kappa shape index (κ2) is 7.88. The normalized spacial score (nSPS) is 10.7. The fraction of sp³-hybridized carbons (Fsp3) is 0.278. The Morgan fingerprint density at radius 2 is 2.00 bits per heavy atom. The number of aryl methyl sites for hydroxylation is 1. The number of carbonyl (C=O) groups excluding carboxylic acids is 1. The number of nitrogens with zero attached hydrogens (tertiary/aromatic N) is 3. The van der Waals surface area contributed by atoms with Gasteiger partial charge in [0.2, 0.25) is 11.8 Å². The average Bonchev–Trinajstić information content (AvgIpc) is 3.29. The zero-order chi connectivity index (χ0) is 16.8. The third-order valence-electron chi connectivity index (χ3n) is 3.70. The highest BCUT2D eigenvalue weighted by Crippen LogP contribution is 2.23. The summed E-state index contributed by atoms with van der Waals surface area (Å²) in [5.74, 6) is 1.11. The maximum Gasteiger partial charge on any atom is 0.257 e. The molecule has 0 aliphatic carbocycles. The number of rotatable bonds is 7. The predicted molar refractivity (Wildman–Crippen MR) is 93.5 cm³/mol. The van der Waals surface area contributed by atoms with Crippen LogP contribution in [0.4, 0.5) is 0 Å². The maximum atomic E-state index is 12.4. The third kappa shape index (κ3) is 4.08. The van der Waals surface area contributed by atoms with E-state index in [1.54, 1.807) is 11.3 Å². The smallest absolute Gasteiger partial charge is 0.257 e. The molecule has 124 valence electrons. The van der Waals surface area contributed by atoms with E-state index in [1.165, 1.54) is 0 Å². The zero-order valence-corrected chi connectivity index (χ0v) is 14.3. The van der Waals surface area contributed by atoms with E-state index in [1.807, 2.05) is 59.7 Å². The van der Waals surface area contributed by atoms with Gasteiger partial charge in [0, 0.05) is 25.9 Å². The minimum absolute atomic E-state index is 0.0947. The molecule has 0 unspecified atom stereocenters. The highest BCUT2D eigenvalue weighted by molar-refractivity contribution is 7.13. The number of carbonyl (C=O) groups is 1. The van der Waals surface area contributed by atoms with Crippen molar-refractivity contribution in [2.24, 2.45) is 0 Å². The monoisotopic (exact) mass is 341 g/mol. The van der Waals surface area contributed by atoms with E-state index in [2.05, 4.69) is 10.2 Å². The van der Waals surface area contributed by atoms with Gasteiger partial charge in [0.1, 0.15) is 0 Å². The van der Waals surface area contributed by atoms with Crippen molar-refractivity contribution >= 4 is 17.2 Å². The molecule has 3 aromatic rings. The van der Waals surface area contributed by atoms with Crippen LogP contribution in [0.2, 0.25) is 0 Å². The van der Waals surface area contributed by atoms with Crippen molar-refractivity contribution in [3.8, 4) is 10.8 Å². The van der Waals surface area contributed by atoms with Gasteiger partial charge in [0.15, 0.2) is 0 Å². The van der Waals surface area contributed by atoms with Gasteiger partial charge >= 0.3 is 0 Å². The fourth-order valence-corrected chi connectivity index (χ4v) is 3.05.